The Bertz CT molecular complexity index is 829. The Labute approximate surface area is 140 Å². The van der Waals surface area contributed by atoms with Gasteiger partial charge in [-0.3, -0.25) is 10.1 Å². The molecule has 1 aliphatic heterocycles. The Morgan fingerprint density at radius 3 is 2.87 bits per heavy atom. The molecule has 0 saturated carbocycles. The number of thiophene rings is 1. The van der Waals surface area contributed by atoms with Gasteiger partial charge in [-0.25, -0.2) is 4.98 Å². The lowest BCUT2D eigenvalue weighted by molar-refractivity contribution is -0.125. The van der Waals surface area contributed by atoms with Crippen LogP contribution in [0.1, 0.15) is 0 Å². The van der Waals surface area contributed by atoms with Crippen LogP contribution in [0.25, 0.3) is 10.6 Å². The van der Waals surface area contributed by atoms with Crippen molar-refractivity contribution in [2.75, 3.05) is 11.9 Å². The average molecular weight is 344 g/mol. The number of ether oxygens (including phenoxy) is 2. The van der Waals surface area contributed by atoms with Crippen molar-refractivity contribution in [2.24, 2.45) is 0 Å². The zero-order chi connectivity index (χ0) is 15.6. The number of para-hydroxylation sites is 2. The molecule has 4 rings (SSSR count). The van der Waals surface area contributed by atoms with Gasteiger partial charge in [0.1, 0.15) is 6.61 Å². The van der Waals surface area contributed by atoms with Gasteiger partial charge in [-0.05, 0) is 23.6 Å². The summed E-state index contributed by atoms with van der Waals surface area (Å²) in [5.41, 5.74) is 0.867. The van der Waals surface area contributed by atoms with Crippen molar-refractivity contribution >= 4 is 33.7 Å². The maximum absolute atomic E-state index is 12.3. The third-order valence-corrected chi connectivity index (χ3v) is 4.96. The molecule has 0 radical (unpaired) electrons. The fraction of sp³-hybridized carbons (Fsp3) is 0.125. The minimum Gasteiger partial charge on any atom is -0.485 e. The summed E-state index contributed by atoms with van der Waals surface area (Å²) in [6.45, 7) is 0.187. The number of fused-ring (bicyclic) bond motifs is 1. The van der Waals surface area contributed by atoms with Crippen LogP contribution in [0.4, 0.5) is 5.13 Å². The fourth-order valence-electron chi connectivity index (χ4n) is 2.20. The van der Waals surface area contributed by atoms with E-state index < -0.39 is 6.10 Å². The summed E-state index contributed by atoms with van der Waals surface area (Å²) in [4.78, 5) is 17.8. The first-order valence-corrected chi connectivity index (χ1v) is 8.74. The Morgan fingerprint density at radius 2 is 2.04 bits per heavy atom. The minimum atomic E-state index is -0.681. The summed E-state index contributed by atoms with van der Waals surface area (Å²) in [5, 5.41) is 7.27. The van der Waals surface area contributed by atoms with Crippen LogP contribution in [0.15, 0.2) is 47.2 Å². The van der Waals surface area contributed by atoms with Crippen LogP contribution < -0.4 is 14.8 Å². The summed E-state index contributed by atoms with van der Waals surface area (Å²) < 4.78 is 11.2. The third kappa shape index (κ3) is 2.93. The number of anilines is 1. The highest BCUT2D eigenvalue weighted by atomic mass is 32.1. The lowest BCUT2D eigenvalue weighted by atomic mass is 10.2. The molecule has 1 aliphatic rings. The second-order valence-electron chi connectivity index (χ2n) is 4.87. The van der Waals surface area contributed by atoms with Crippen molar-refractivity contribution in [1.82, 2.24) is 4.98 Å². The lowest BCUT2D eigenvalue weighted by Crippen LogP contribution is -2.40. The summed E-state index contributed by atoms with van der Waals surface area (Å²) in [5.74, 6) is 0.981. The van der Waals surface area contributed by atoms with Crippen molar-refractivity contribution in [3.05, 3.63) is 47.2 Å². The normalized spacial score (nSPS) is 16.1. The zero-order valence-corrected chi connectivity index (χ0v) is 13.5. The molecule has 0 aliphatic carbocycles. The van der Waals surface area contributed by atoms with Gasteiger partial charge in [0.05, 0.1) is 10.6 Å². The topological polar surface area (TPSA) is 60.5 Å². The molecule has 23 heavy (non-hydrogen) atoms. The Kier molecular flexibility index (Phi) is 3.72. The van der Waals surface area contributed by atoms with Crippen LogP contribution >= 0.6 is 22.7 Å². The molecule has 3 aromatic rings. The van der Waals surface area contributed by atoms with Crippen molar-refractivity contribution in [2.45, 2.75) is 6.10 Å². The van der Waals surface area contributed by atoms with Gasteiger partial charge in [-0.15, -0.1) is 22.7 Å². The molecule has 116 valence electrons. The molecule has 0 saturated heterocycles. The van der Waals surface area contributed by atoms with Gasteiger partial charge in [-0.1, -0.05) is 18.2 Å². The number of carbonyl (C=O) groups is 1. The second kappa shape index (κ2) is 6.02. The highest BCUT2D eigenvalue weighted by Gasteiger charge is 2.27. The standard InChI is InChI=1S/C16H12N2O3S2/c19-15(13-8-20-11-4-1-2-5-12(11)21-13)18-16-17-10(9-23-16)14-6-3-7-22-14/h1-7,9,13H,8H2,(H,17,18,19). The monoisotopic (exact) mass is 344 g/mol. The minimum absolute atomic E-state index is 0.187. The predicted molar refractivity (Wildman–Crippen MR) is 90.4 cm³/mol. The number of thiazole rings is 1. The van der Waals surface area contributed by atoms with Gasteiger partial charge in [-0.2, -0.15) is 0 Å². The summed E-state index contributed by atoms with van der Waals surface area (Å²) >= 11 is 3.01. The van der Waals surface area contributed by atoms with E-state index in [1.165, 1.54) is 11.3 Å². The molecule has 2 aromatic heterocycles. The summed E-state index contributed by atoms with van der Waals surface area (Å²) in [6, 6.07) is 11.3. The lowest BCUT2D eigenvalue weighted by Gasteiger charge is -2.25. The Hall–Kier alpha value is -2.38. The zero-order valence-electron chi connectivity index (χ0n) is 11.9. The van der Waals surface area contributed by atoms with Crippen LogP contribution in [-0.2, 0) is 4.79 Å². The molecular weight excluding hydrogens is 332 g/mol. The predicted octanol–water partition coefficient (Wildman–Crippen LogP) is 3.65. The number of rotatable bonds is 3. The molecule has 1 aromatic carbocycles. The first kappa shape index (κ1) is 14.2. The molecule has 7 heteroatoms. The third-order valence-electron chi connectivity index (χ3n) is 3.31. The largest absolute Gasteiger partial charge is 0.485 e. The molecule has 0 spiro atoms. The van der Waals surface area contributed by atoms with E-state index in [-0.39, 0.29) is 12.5 Å². The Morgan fingerprint density at radius 1 is 1.17 bits per heavy atom. The van der Waals surface area contributed by atoms with E-state index in [0.29, 0.717) is 16.6 Å². The molecule has 5 nitrogen and oxygen atoms in total. The average Bonchev–Trinajstić information content (AvgIpc) is 3.25. The van der Waals surface area contributed by atoms with Crippen molar-refractivity contribution < 1.29 is 14.3 Å². The molecule has 1 N–H and O–H groups in total. The van der Waals surface area contributed by atoms with E-state index in [0.717, 1.165) is 10.6 Å². The van der Waals surface area contributed by atoms with Crippen LogP contribution in [0.5, 0.6) is 11.5 Å². The van der Waals surface area contributed by atoms with Crippen LogP contribution in [0.3, 0.4) is 0 Å². The first-order chi connectivity index (χ1) is 11.3. The van der Waals surface area contributed by atoms with Crippen LogP contribution in [0.2, 0.25) is 0 Å². The van der Waals surface area contributed by atoms with Gasteiger partial charge in [0, 0.05) is 5.38 Å². The number of nitrogens with one attached hydrogen (secondary N) is 1. The summed E-state index contributed by atoms with van der Waals surface area (Å²) in [6.07, 6.45) is -0.681. The van der Waals surface area contributed by atoms with Gasteiger partial charge in [0.25, 0.3) is 5.91 Å². The van der Waals surface area contributed by atoms with E-state index in [1.807, 2.05) is 41.1 Å². The van der Waals surface area contributed by atoms with E-state index in [4.69, 9.17) is 9.47 Å². The van der Waals surface area contributed by atoms with E-state index in [1.54, 1.807) is 17.4 Å². The molecule has 3 heterocycles. The van der Waals surface area contributed by atoms with E-state index in [2.05, 4.69) is 10.3 Å². The number of carbonyl (C=O) groups excluding carboxylic acids is 1. The number of nitrogens with zero attached hydrogens (tertiary/aromatic N) is 1. The molecule has 1 amide bonds. The second-order valence-corrected chi connectivity index (χ2v) is 6.67. The van der Waals surface area contributed by atoms with Crippen LogP contribution in [-0.4, -0.2) is 23.6 Å². The summed E-state index contributed by atoms with van der Waals surface area (Å²) in [7, 11) is 0. The quantitative estimate of drug-likeness (QED) is 0.788. The molecule has 0 bridgehead atoms. The van der Waals surface area contributed by atoms with Gasteiger partial charge in [0.2, 0.25) is 6.10 Å². The smallest absolute Gasteiger partial charge is 0.270 e. The fourth-order valence-corrected chi connectivity index (χ4v) is 3.68. The van der Waals surface area contributed by atoms with Gasteiger partial charge in [0.15, 0.2) is 16.6 Å². The van der Waals surface area contributed by atoms with Gasteiger partial charge >= 0.3 is 0 Å². The Balaban J connectivity index is 1.45. The van der Waals surface area contributed by atoms with Crippen molar-refractivity contribution in [1.29, 1.82) is 0 Å². The van der Waals surface area contributed by atoms with E-state index in [9.17, 15) is 4.79 Å². The number of aromatic nitrogens is 1. The SMILES string of the molecule is O=C(Nc1nc(-c2cccs2)cs1)C1COc2ccccc2O1. The van der Waals surface area contributed by atoms with Gasteiger partial charge < -0.3 is 9.47 Å². The molecule has 1 atom stereocenters. The van der Waals surface area contributed by atoms with Crippen LogP contribution in [0, 0.1) is 0 Å². The number of hydrogen-bond acceptors (Lipinski definition) is 6. The maximum Gasteiger partial charge on any atom is 0.270 e. The highest BCUT2D eigenvalue weighted by Crippen LogP contribution is 2.32. The first-order valence-electron chi connectivity index (χ1n) is 6.98. The van der Waals surface area contributed by atoms with Crippen molar-refractivity contribution in [3.8, 4) is 22.1 Å². The number of amides is 1. The maximum atomic E-state index is 12.3. The molecular formula is C16H12N2O3S2. The van der Waals surface area contributed by atoms with E-state index >= 15 is 0 Å². The molecule has 1 unspecified atom stereocenters. The van der Waals surface area contributed by atoms with Crippen molar-refractivity contribution in [3.63, 3.8) is 0 Å². The molecule has 0 fully saturated rings. The highest BCUT2D eigenvalue weighted by molar-refractivity contribution is 7.16. The number of hydrogen-bond donors (Lipinski definition) is 1. The number of benzene rings is 1.